The van der Waals surface area contributed by atoms with E-state index in [2.05, 4.69) is 15.5 Å². The molecule has 1 amide bonds. The van der Waals surface area contributed by atoms with Crippen LogP contribution >= 0.6 is 0 Å². The fourth-order valence-electron chi connectivity index (χ4n) is 2.04. The van der Waals surface area contributed by atoms with Crippen molar-refractivity contribution >= 4 is 16.8 Å². The summed E-state index contributed by atoms with van der Waals surface area (Å²) >= 11 is 0. The van der Waals surface area contributed by atoms with Crippen LogP contribution < -0.4 is 5.32 Å². The average Bonchev–Trinajstić information content (AvgIpc) is 2.94. The Morgan fingerprint density at radius 2 is 2.00 bits per heavy atom. The van der Waals surface area contributed by atoms with E-state index >= 15 is 0 Å². The molecular formula is C15H12FN3O. The van der Waals surface area contributed by atoms with Crippen molar-refractivity contribution in [2.75, 3.05) is 0 Å². The van der Waals surface area contributed by atoms with E-state index in [0.29, 0.717) is 17.6 Å². The first-order valence-corrected chi connectivity index (χ1v) is 6.19. The van der Waals surface area contributed by atoms with Gasteiger partial charge >= 0.3 is 0 Å². The van der Waals surface area contributed by atoms with Crippen molar-refractivity contribution in [2.24, 2.45) is 0 Å². The Kier molecular flexibility index (Phi) is 3.16. The van der Waals surface area contributed by atoms with Gasteiger partial charge in [0.1, 0.15) is 5.82 Å². The molecule has 0 aliphatic carbocycles. The zero-order valence-corrected chi connectivity index (χ0v) is 10.6. The Morgan fingerprint density at radius 1 is 1.20 bits per heavy atom. The van der Waals surface area contributed by atoms with Crippen LogP contribution in [0.1, 0.15) is 15.9 Å². The molecule has 100 valence electrons. The first kappa shape index (κ1) is 12.3. The number of fused-ring (bicyclic) bond motifs is 1. The number of carbonyl (C=O) groups excluding carboxylic acids is 1. The topological polar surface area (TPSA) is 57.8 Å². The third-order valence-corrected chi connectivity index (χ3v) is 3.09. The lowest BCUT2D eigenvalue weighted by Gasteiger charge is -2.06. The lowest BCUT2D eigenvalue weighted by Crippen LogP contribution is -2.23. The van der Waals surface area contributed by atoms with Gasteiger partial charge in [0.2, 0.25) is 0 Å². The van der Waals surface area contributed by atoms with Gasteiger partial charge in [0.05, 0.1) is 17.3 Å². The van der Waals surface area contributed by atoms with E-state index in [9.17, 15) is 9.18 Å². The molecule has 5 heteroatoms. The smallest absolute Gasteiger partial charge is 0.253 e. The summed E-state index contributed by atoms with van der Waals surface area (Å²) in [5.74, 6) is -0.480. The van der Waals surface area contributed by atoms with Crippen molar-refractivity contribution in [3.05, 3.63) is 65.6 Å². The first-order valence-electron chi connectivity index (χ1n) is 6.19. The average molecular weight is 269 g/mol. The lowest BCUT2D eigenvalue weighted by molar-refractivity contribution is 0.0952. The van der Waals surface area contributed by atoms with Crippen LogP contribution in [-0.2, 0) is 6.54 Å². The van der Waals surface area contributed by atoms with Gasteiger partial charge in [-0.1, -0.05) is 24.3 Å². The summed E-state index contributed by atoms with van der Waals surface area (Å²) in [6, 6.07) is 11.5. The minimum Gasteiger partial charge on any atom is -0.348 e. The Balaban J connectivity index is 1.76. The van der Waals surface area contributed by atoms with E-state index in [-0.39, 0.29) is 11.7 Å². The number of rotatable bonds is 3. The van der Waals surface area contributed by atoms with Gasteiger partial charge in [0, 0.05) is 11.9 Å². The van der Waals surface area contributed by atoms with Gasteiger partial charge in [-0.2, -0.15) is 5.10 Å². The molecule has 1 aromatic heterocycles. The van der Waals surface area contributed by atoms with Crippen molar-refractivity contribution in [2.45, 2.75) is 6.54 Å². The number of aromatic nitrogens is 2. The predicted octanol–water partition coefficient (Wildman–Crippen LogP) is 2.63. The third kappa shape index (κ3) is 2.38. The minimum absolute atomic E-state index is 0.191. The Labute approximate surface area is 114 Å². The fraction of sp³-hybridized carbons (Fsp3) is 0.0667. The number of nitrogens with zero attached hydrogens (tertiary/aromatic N) is 1. The molecule has 2 N–H and O–H groups in total. The molecule has 0 aliphatic rings. The van der Waals surface area contributed by atoms with E-state index < -0.39 is 0 Å². The van der Waals surface area contributed by atoms with Crippen LogP contribution in [0, 0.1) is 5.82 Å². The van der Waals surface area contributed by atoms with Crippen LogP contribution in [0.15, 0.2) is 48.7 Å². The molecule has 1 heterocycles. The zero-order valence-electron chi connectivity index (χ0n) is 10.6. The molecular weight excluding hydrogens is 257 g/mol. The Morgan fingerprint density at radius 3 is 2.80 bits per heavy atom. The van der Waals surface area contributed by atoms with Gasteiger partial charge in [0.25, 0.3) is 5.91 Å². The number of benzene rings is 2. The zero-order chi connectivity index (χ0) is 13.9. The molecule has 0 atom stereocenters. The molecule has 3 aromatic rings. The molecule has 0 radical (unpaired) electrons. The molecule has 0 spiro atoms. The van der Waals surface area contributed by atoms with Crippen molar-refractivity contribution < 1.29 is 9.18 Å². The van der Waals surface area contributed by atoms with Gasteiger partial charge in [-0.05, 0) is 23.8 Å². The normalized spacial score (nSPS) is 10.7. The summed E-state index contributed by atoms with van der Waals surface area (Å²) in [4.78, 5) is 12.2. The van der Waals surface area contributed by atoms with E-state index in [1.54, 1.807) is 24.4 Å². The number of amides is 1. The number of hydrogen-bond donors (Lipinski definition) is 2. The van der Waals surface area contributed by atoms with Crippen LogP contribution in [0.25, 0.3) is 10.9 Å². The Bertz CT molecular complexity index is 749. The largest absolute Gasteiger partial charge is 0.348 e. The number of carbonyl (C=O) groups is 1. The Hall–Kier alpha value is -2.69. The van der Waals surface area contributed by atoms with Crippen LogP contribution in [0.3, 0.4) is 0 Å². The standard InChI is InChI=1S/C15H12FN3O/c16-12-6-4-10(5-7-12)8-17-15(20)13-3-1-2-11-9-18-19-14(11)13/h1-7,9H,8H2,(H,17,20)(H,18,19). The maximum absolute atomic E-state index is 12.8. The molecule has 2 aromatic carbocycles. The van der Waals surface area contributed by atoms with Crippen molar-refractivity contribution in [1.82, 2.24) is 15.5 Å². The second-order valence-corrected chi connectivity index (χ2v) is 4.45. The summed E-state index contributed by atoms with van der Waals surface area (Å²) in [6.45, 7) is 0.351. The highest BCUT2D eigenvalue weighted by atomic mass is 19.1. The second-order valence-electron chi connectivity index (χ2n) is 4.45. The monoisotopic (exact) mass is 269 g/mol. The van der Waals surface area contributed by atoms with Gasteiger partial charge in [0.15, 0.2) is 0 Å². The number of halogens is 1. The summed E-state index contributed by atoms with van der Waals surface area (Å²) in [6.07, 6.45) is 1.67. The number of H-pyrrole nitrogens is 1. The van der Waals surface area contributed by atoms with Gasteiger partial charge in [-0.25, -0.2) is 4.39 Å². The molecule has 0 bridgehead atoms. The maximum Gasteiger partial charge on any atom is 0.253 e. The van der Waals surface area contributed by atoms with Gasteiger partial charge in [-0.15, -0.1) is 0 Å². The molecule has 0 aliphatic heterocycles. The van der Waals surface area contributed by atoms with Crippen molar-refractivity contribution in [3.8, 4) is 0 Å². The van der Waals surface area contributed by atoms with E-state index in [1.807, 2.05) is 12.1 Å². The van der Waals surface area contributed by atoms with Crippen LogP contribution in [-0.4, -0.2) is 16.1 Å². The minimum atomic E-state index is -0.290. The molecule has 20 heavy (non-hydrogen) atoms. The summed E-state index contributed by atoms with van der Waals surface area (Å²) in [5, 5.41) is 10.4. The SMILES string of the molecule is O=C(NCc1ccc(F)cc1)c1cccc2cn[nH]c12. The molecule has 3 rings (SSSR count). The molecule has 4 nitrogen and oxygen atoms in total. The van der Waals surface area contributed by atoms with Gasteiger partial charge in [-0.3, -0.25) is 9.89 Å². The predicted molar refractivity (Wildman–Crippen MR) is 73.7 cm³/mol. The number of hydrogen-bond acceptors (Lipinski definition) is 2. The van der Waals surface area contributed by atoms with Crippen molar-refractivity contribution in [3.63, 3.8) is 0 Å². The highest BCUT2D eigenvalue weighted by molar-refractivity contribution is 6.05. The summed E-state index contributed by atoms with van der Waals surface area (Å²) < 4.78 is 12.8. The summed E-state index contributed by atoms with van der Waals surface area (Å²) in [5.41, 5.74) is 2.10. The lowest BCUT2D eigenvalue weighted by atomic mass is 10.1. The summed E-state index contributed by atoms with van der Waals surface area (Å²) in [7, 11) is 0. The first-order chi connectivity index (χ1) is 9.74. The highest BCUT2D eigenvalue weighted by Gasteiger charge is 2.10. The quantitative estimate of drug-likeness (QED) is 0.768. The van der Waals surface area contributed by atoms with Crippen LogP contribution in [0.2, 0.25) is 0 Å². The van der Waals surface area contributed by atoms with E-state index in [0.717, 1.165) is 10.9 Å². The third-order valence-electron chi connectivity index (χ3n) is 3.09. The van der Waals surface area contributed by atoms with E-state index in [4.69, 9.17) is 0 Å². The number of nitrogens with one attached hydrogen (secondary N) is 2. The molecule has 0 saturated carbocycles. The van der Waals surface area contributed by atoms with Crippen molar-refractivity contribution in [1.29, 1.82) is 0 Å². The maximum atomic E-state index is 12.8. The van der Waals surface area contributed by atoms with Crippen LogP contribution in [0.4, 0.5) is 4.39 Å². The van der Waals surface area contributed by atoms with Crippen LogP contribution in [0.5, 0.6) is 0 Å². The van der Waals surface area contributed by atoms with Gasteiger partial charge < -0.3 is 5.32 Å². The molecule has 0 saturated heterocycles. The van der Waals surface area contributed by atoms with E-state index in [1.165, 1.54) is 12.1 Å². The fourth-order valence-corrected chi connectivity index (χ4v) is 2.04. The second kappa shape index (κ2) is 5.13. The molecule has 0 fully saturated rings. The highest BCUT2D eigenvalue weighted by Crippen LogP contribution is 2.15. The number of aromatic amines is 1. The molecule has 0 unspecified atom stereocenters. The number of para-hydroxylation sites is 1.